The summed E-state index contributed by atoms with van der Waals surface area (Å²) in [5.74, 6) is -0.620. The van der Waals surface area contributed by atoms with Crippen LogP contribution in [0, 0.1) is 28.5 Å². The number of hydrogen-bond donors (Lipinski definition) is 1. The van der Waals surface area contributed by atoms with Crippen LogP contribution < -0.4 is 0 Å². The SMILES string of the molecule is N#C/C(=C\c1c(F)cccc1Cl)[C@H](O)C#N. The predicted octanol–water partition coefficient (Wildman–Crippen LogP) is 2.27. The number of benzene rings is 1. The van der Waals surface area contributed by atoms with Gasteiger partial charge in [0, 0.05) is 5.56 Å². The maximum Gasteiger partial charge on any atom is 0.175 e. The topological polar surface area (TPSA) is 67.8 Å². The summed E-state index contributed by atoms with van der Waals surface area (Å²) < 4.78 is 13.3. The Morgan fingerprint density at radius 2 is 2.19 bits per heavy atom. The zero-order valence-electron chi connectivity index (χ0n) is 7.98. The molecule has 0 unspecified atom stereocenters. The van der Waals surface area contributed by atoms with Gasteiger partial charge in [-0.15, -0.1) is 0 Å². The standard InChI is InChI=1S/C11H6ClFN2O/c12-9-2-1-3-10(13)8(9)4-7(5-14)11(16)6-15/h1-4,11,16H/b7-4+/t11-/m1/s1. The molecule has 1 atom stereocenters. The summed E-state index contributed by atoms with van der Waals surface area (Å²) in [6.45, 7) is 0. The Bertz CT molecular complexity index is 493. The minimum Gasteiger partial charge on any atom is -0.373 e. The van der Waals surface area contributed by atoms with Gasteiger partial charge in [-0.3, -0.25) is 0 Å². The normalized spacial score (nSPS) is 12.7. The molecule has 1 rings (SSSR count). The molecule has 1 aromatic rings. The molecule has 0 bridgehead atoms. The quantitative estimate of drug-likeness (QED) is 0.633. The molecule has 5 heteroatoms. The molecule has 0 saturated heterocycles. The van der Waals surface area contributed by atoms with Crippen LogP contribution in [0.3, 0.4) is 0 Å². The summed E-state index contributed by atoms with van der Waals surface area (Å²) in [5.41, 5.74) is -0.274. The van der Waals surface area contributed by atoms with Gasteiger partial charge in [0.25, 0.3) is 0 Å². The first-order chi connectivity index (χ1) is 7.60. The maximum atomic E-state index is 13.3. The fourth-order valence-corrected chi connectivity index (χ4v) is 1.26. The average Bonchev–Trinajstić information content (AvgIpc) is 2.28. The van der Waals surface area contributed by atoms with Crippen molar-refractivity contribution in [2.45, 2.75) is 6.10 Å². The van der Waals surface area contributed by atoms with Crippen LogP contribution in [0.1, 0.15) is 5.56 Å². The van der Waals surface area contributed by atoms with Crippen molar-refractivity contribution in [2.24, 2.45) is 0 Å². The first-order valence-corrected chi connectivity index (χ1v) is 4.61. The first kappa shape index (κ1) is 12.2. The van der Waals surface area contributed by atoms with Crippen LogP contribution in [0.25, 0.3) is 6.08 Å². The van der Waals surface area contributed by atoms with E-state index in [9.17, 15) is 4.39 Å². The number of nitriles is 2. The Kier molecular flexibility index (Phi) is 4.02. The van der Waals surface area contributed by atoms with E-state index in [1.165, 1.54) is 24.3 Å². The highest BCUT2D eigenvalue weighted by molar-refractivity contribution is 6.32. The molecule has 0 saturated carbocycles. The summed E-state index contributed by atoms with van der Waals surface area (Å²) >= 11 is 5.72. The molecule has 1 aromatic carbocycles. The monoisotopic (exact) mass is 236 g/mol. The fraction of sp³-hybridized carbons (Fsp3) is 0.0909. The van der Waals surface area contributed by atoms with E-state index in [4.69, 9.17) is 27.2 Å². The minimum atomic E-state index is -1.58. The highest BCUT2D eigenvalue weighted by Gasteiger charge is 2.12. The number of aliphatic hydroxyl groups is 1. The summed E-state index contributed by atoms with van der Waals surface area (Å²) in [6.07, 6.45) is -0.522. The van der Waals surface area contributed by atoms with Gasteiger partial charge >= 0.3 is 0 Å². The van der Waals surface area contributed by atoms with Crippen molar-refractivity contribution in [1.82, 2.24) is 0 Å². The van der Waals surface area contributed by atoms with E-state index >= 15 is 0 Å². The molecular weight excluding hydrogens is 231 g/mol. The Hall–Kier alpha value is -1.88. The van der Waals surface area contributed by atoms with Gasteiger partial charge in [0.1, 0.15) is 5.82 Å². The number of aliphatic hydroxyl groups excluding tert-OH is 1. The molecule has 0 fully saturated rings. The van der Waals surface area contributed by atoms with E-state index < -0.39 is 11.9 Å². The van der Waals surface area contributed by atoms with Gasteiger partial charge in [-0.2, -0.15) is 10.5 Å². The lowest BCUT2D eigenvalue weighted by Gasteiger charge is -2.02. The van der Waals surface area contributed by atoms with Gasteiger partial charge in [0.2, 0.25) is 0 Å². The zero-order chi connectivity index (χ0) is 12.1. The van der Waals surface area contributed by atoms with Gasteiger partial charge in [0.05, 0.1) is 22.7 Å². The van der Waals surface area contributed by atoms with Gasteiger partial charge in [0.15, 0.2) is 6.10 Å². The summed E-state index contributed by atoms with van der Waals surface area (Å²) in [6, 6.07) is 7.13. The lowest BCUT2D eigenvalue weighted by atomic mass is 10.1. The predicted molar refractivity (Wildman–Crippen MR) is 56.6 cm³/mol. The molecule has 0 spiro atoms. The summed E-state index contributed by atoms with van der Waals surface area (Å²) in [7, 11) is 0. The van der Waals surface area contributed by atoms with Gasteiger partial charge < -0.3 is 5.11 Å². The third kappa shape index (κ3) is 2.58. The van der Waals surface area contributed by atoms with E-state index in [1.807, 2.05) is 0 Å². The number of rotatable bonds is 2. The van der Waals surface area contributed by atoms with Crippen LogP contribution in [0.2, 0.25) is 5.02 Å². The second-order valence-corrected chi connectivity index (χ2v) is 3.29. The molecule has 0 amide bonds. The van der Waals surface area contributed by atoms with Crippen molar-refractivity contribution in [3.05, 3.63) is 40.2 Å². The van der Waals surface area contributed by atoms with Gasteiger partial charge in [-0.05, 0) is 18.2 Å². The first-order valence-electron chi connectivity index (χ1n) is 4.23. The molecular formula is C11H6ClFN2O. The Balaban J connectivity index is 3.27. The molecule has 16 heavy (non-hydrogen) atoms. The smallest absolute Gasteiger partial charge is 0.175 e. The maximum absolute atomic E-state index is 13.3. The van der Waals surface area contributed by atoms with E-state index in [0.717, 1.165) is 6.08 Å². The highest BCUT2D eigenvalue weighted by atomic mass is 35.5. The van der Waals surface area contributed by atoms with Crippen molar-refractivity contribution in [2.75, 3.05) is 0 Å². The van der Waals surface area contributed by atoms with Crippen molar-refractivity contribution < 1.29 is 9.50 Å². The Morgan fingerprint density at radius 1 is 1.50 bits per heavy atom. The van der Waals surface area contributed by atoms with E-state index in [2.05, 4.69) is 0 Å². The van der Waals surface area contributed by atoms with Crippen molar-refractivity contribution >= 4 is 17.7 Å². The van der Waals surface area contributed by atoms with Crippen LogP contribution >= 0.6 is 11.6 Å². The van der Waals surface area contributed by atoms with E-state index in [1.54, 1.807) is 6.07 Å². The van der Waals surface area contributed by atoms with Crippen LogP contribution in [-0.2, 0) is 0 Å². The Morgan fingerprint density at radius 3 is 2.69 bits per heavy atom. The lowest BCUT2D eigenvalue weighted by Crippen LogP contribution is -2.05. The molecule has 3 nitrogen and oxygen atoms in total. The molecule has 0 radical (unpaired) electrons. The molecule has 80 valence electrons. The highest BCUT2D eigenvalue weighted by Crippen LogP contribution is 2.22. The van der Waals surface area contributed by atoms with Crippen LogP contribution in [0.4, 0.5) is 4.39 Å². The third-order valence-electron chi connectivity index (χ3n) is 1.85. The largest absolute Gasteiger partial charge is 0.373 e. The van der Waals surface area contributed by atoms with Crippen molar-refractivity contribution in [3.63, 3.8) is 0 Å². The fourth-order valence-electron chi connectivity index (χ4n) is 1.05. The van der Waals surface area contributed by atoms with Crippen LogP contribution in [0.5, 0.6) is 0 Å². The van der Waals surface area contributed by atoms with Gasteiger partial charge in [-0.25, -0.2) is 4.39 Å². The number of nitrogens with zero attached hydrogens (tertiary/aromatic N) is 2. The second kappa shape index (κ2) is 5.27. The van der Waals surface area contributed by atoms with Crippen LogP contribution in [-0.4, -0.2) is 11.2 Å². The second-order valence-electron chi connectivity index (χ2n) is 2.88. The van der Waals surface area contributed by atoms with Crippen molar-refractivity contribution in [1.29, 1.82) is 10.5 Å². The van der Waals surface area contributed by atoms with Crippen molar-refractivity contribution in [3.8, 4) is 12.1 Å². The summed E-state index contributed by atoms with van der Waals surface area (Å²) in [5, 5.41) is 26.4. The molecule has 0 heterocycles. The number of halogens is 2. The van der Waals surface area contributed by atoms with Crippen LogP contribution in [0.15, 0.2) is 23.8 Å². The summed E-state index contributed by atoms with van der Waals surface area (Å²) in [4.78, 5) is 0. The number of hydrogen-bond acceptors (Lipinski definition) is 3. The molecule has 0 aliphatic rings. The molecule has 0 aliphatic carbocycles. The third-order valence-corrected chi connectivity index (χ3v) is 2.18. The molecule has 0 aromatic heterocycles. The lowest BCUT2D eigenvalue weighted by molar-refractivity contribution is 0.271. The van der Waals surface area contributed by atoms with E-state index in [0.29, 0.717) is 0 Å². The minimum absolute atomic E-state index is 0.0185. The Labute approximate surface area is 96.6 Å². The average molecular weight is 237 g/mol. The zero-order valence-corrected chi connectivity index (χ0v) is 8.74. The van der Waals surface area contributed by atoms with E-state index in [-0.39, 0.29) is 16.2 Å². The molecule has 0 aliphatic heterocycles. The van der Waals surface area contributed by atoms with Gasteiger partial charge in [-0.1, -0.05) is 17.7 Å². The molecule has 1 N–H and O–H groups in total.